The van der Waals surface area contributed by atoms with E-state index < -0.39 is 0 Å². The Morgan fingerprint density at radius 1 is 1.41 bits per heavy atom. The molecule has 6 heteroatoms. The SMILES string of the molecule is O=C(/C=C/c1ccco1)NCC(=O)N1CCc2sccc2C1. The van der Waals surface area contributed by atoms with E-state index >= 15 is 0 Å². The van der Waals surface area contributed by atoms with Crippen LogP contribution in [0.4, 0.5) is 0 Å². The van der Waals surface area contributed by atoms with Crippen molar-refractivity contribution >= 4 is 29.2 Å². The molecule has 0 atom stereocenters. The molecule has 5 nitrogen and oxygen atoms in total. The van der Waals surface area contributed by atoms with Gasteiger partial charge in [-0.15, -0.1) is 11.3 Å². The second-order valence-corrected chi connectivity index (χ2v) is 6.00. The molecule has 0 saturated carbocycles. The monoisotopic (exact) mass is 316 g/mol. The molecule has 0 aromatic carbocycles. The van der Waals surface area contributed by atoms with Gasteiger partial charge in [0.25, 0.3) is 0 Å². The van der Waals surface area contributed by atoms with E-state index in [1.165, 1.54) is 22.8 Å². The van der Waals surface area contributed by atoms with Crippen molar-refractivity contribution in [1.82, 2.24) is 10.2 Å². The second kappa shape index (κ2) is 6.62. The number of furan rings is 1. The third kappa shape index (κ3) is 3.46. The van der Waals surface area contributed by atoms with Crippen molar-refractivity contribution in [3.8, 4) is 0 Å². The number of carbonyl (C=O) groups excluding carboxylic acids is 2. The largest absolute Gasteiger partial charge is 0.465 e. The molecule has 1 aliphatic rings. The first kappa shape index (κ1) is 14.6. The maximum Gasteiger partial charge on any atom is 0.244 e. The minimum absolute atomic E-state index is 0.0147. The molecule has 0 radical (unpaired) electrons. The average molecular weight is 316 g/mol. The van der Waals surface area contributed by atoms with Crippen LogP contribution in [-0.4, -0.2) is 29.8 Å². The number of fused-ring (bicyclic) bond motifs is 1. The Labute approximate surface area is 132 Å². The van der Waals surface area contributed by atoms with Gasteiger partial charge in [0.05, 0.1) is 12.8 Å². The summed E-state index contributed by atoms with van der Waals surface area (Å²) in [6.07, 6.45) is 5.36. The van der Waals surface area contributed by atoms with E-state index in [4.69, 9.17) is 4.42 Å². The molecule has 2 aromatic heterocycles. The van der Waals surface area contributed by atoms with Crippen LogP contribution in [0.1, 0.15) is 16.2 Å². The first-order valence-electron chi connectivity index (χ1n) is 7.05. The lowest BCUT2D eigenvalue weighted by Crippen LogP contribution is -2.41. The van der Waals surface area contributed by atoms with Gasteiger partial charge in [0, 0.05) is 24.0 Å². The highest BCUT2D eigenvalue weighted by molar-refractivity contribution is 7.10. The van der Waals surface area contributed by atoms with Gasteiger partial charge in [-0.05, 0) is 41.6 Å². The van der Waals surface area contributed by atoms with Crippen LogP contribution < -0.4 is 5.32 Å². The molecular formula is C16H16N2O3S. The molecule has 1 aliphatic heterocycles. The Bertz CT molecular complexity index is 688. The molecule has 2 amide bonds. The summed E-state index contributed by atoms with van der Waals surface area (Å²) in [6.45, 7) is 1.36. The molecule has 1 N–H and O–H groups in total. The van der Waals surface area contributed by atoms with Crippen LogP contribution in [0.5, 0.6) is 0 Å². The van der Waals surface area contributed by atoms with Gasteiger partial charge >= 0.3 is 0 Å². The lowest BCUT2D eigenvalue weighted by atomic mass is 10.1. The molecular weight excluding hydrogens is 300 g/mol. The molecule has 0 bridgehead atoms. The zero-order valence-electron chi connectivity index (χ0n) is 12.0. The number of hydrogen-bond donors (Lipinski definition) is 1. The van der Waals surface area contributed by atoms with Crippen LogP contribution in [-0.2, 0) is 22.6 Å². The predicted octanol–water partition coefficient (Wildman–Crippen LogP) is 2.06. The maximum atomic E-state index is 12.1. The van der Waals surface area contributed by atoms with E-state index in [1.807, 2.05) is 0 Å². The van der Waals surface area contributed by atoms with Crippen LogP contribution in [0.15, 0.2) is 40.3 Å². The predicted molar refractivity (Wildman–Crippen MR) is 84.2 cm³/mol. The first-order chi connectivity index (χ1) is 10.7. The van der Waals surface area contributed by atoms with Crippen LogP contribution >= 0.6 is 11.3 Å². The van der Waals surface area contributed by atoms with E-state index in [0.29, 0.717) is 18.8 Å². The molecule has 0 fully saturated rings. The number of hydrogen-bond acceptors (Lipinski definition) is 4. The van der Waals surface area contributed by atoms with Crippen LogP contribution in [0.2, 0.25) is 0 Å². The van der Waals surface area contributed by atoms with Crippen molar-refractivity contribution in [2.24, 2.45) is 0 Å². The minimum Gasteiger partial charge on any atom is -0.465 e. The highest BCUT2D eigenvalue weighted by atomic mass is 32.1. The van der Waals surface area contributed by atoms with Crippen molar-refractivity contribution < 1.29 is 14.0 Å². The minimum atomic E-state index is -0.307. The van der Waals surface area contributed by atoms with Gasteiger partial charge in [-0.2, -0.15) is 0 Å². The highest BCUT2D eigenvalue weighted by Crippen LogP contribution is 2.23. The maximum absolute atomic E-state index is 12.1. The standard InChI is InChI=1S/C16H16N2O3S/c19-15(4-3-13-2-1-8-21-13)17-10-16(20)18-7-5-14-12(11-18)6-9-22-14/h1-4,6,8-9H,5,7,10-11H2,(H,17,19)/b4-3+. The Hall–Kier alpha value is -2.34. The summed E-state index contributed by atoms with van der Waals surface area (Å²) in [4.78, 5) is 27.0. The zero-order valence-corrected chi connectivity index (χ0v) is 12.8. The van der Waals surface area contributed by atoms with Crippen LogP contribution in [0.3, 0.4) is 0 Å². The number of amides is 2. The summed E-state index contributed by atoms with van der Waals surface area (Å²) < 4.78 is 5.09. The molecule has 22 heavy (non-hydrogen) atoms. The van der Waals surface area contributed by atoms with Crippen molar-refractivity contribution in [3.63, 3.8) is 0 Å². The van der Waals surface area contributed by atoms with Crippen molar-refractivity contribution in [1.29, 1.82) is 0 Å². The Balaban J connectivity index is 1.47. The summed E-state index contributed by atoms with van der Waals surface area (Å²) in [5, 5.41) is 4.66. The first-order valence-corrected chi connectivity index (χ1v) is 7.93. The van der Waals surface area contributed by atoms with E-state index in [2.05, 4.69) is 16.8 Å². The quantitative estimate of drug-likeness (QED) is 0.878. The smallest absolute Gasteiger partial charge is 0.244 e. The summed E-state index contributed by atoms with van der Waals surface area (Å²) in [5.41, 5.74) is 1.22. The third-order valence-corrected chi connectivity index (χ3v) is 4.54. The molecule has 114 valence electrons. The number of rotatable bonds is 4. The molecule has 3 rings (SSSR count). The van der Waals surface area contributed by atoms with E-state index in [9.17, 15) is 9.59 Å². The van der Waals surface area contributed by atoms with E-state index in [-0.39, 0.29) is 18.4 Å². The fourth-order valence-electron chi connectivity index (χ4n) is 2.34. The van der Waals surface area contributed by atoms with E-state index in [1.54, 1.807) is 34.4 Å². The normalized spacial score (nSPS) is 14.1. The number of carbonyl (C=O) groups is 2. The summed E-state index contributed by atoms with van der Waals surface area (Å²) in [6, 6.07) is 5.56. The van der Waals surface area contributed by atoms with Gasteiger partial charge in [0.1, 0.15) is 5.76 Å². The average Bonchev–Trinajstić information content (AvgIpc) is 3.20. The van der Waals surface area contributed by atoms with Gasteiger partial charge in [-0.1, -0.05) is 0 Å². The fourth-order valence-corrected chi connectivity index (χ4v) is 3.23. The van der Waals surface area contributed by atoms with Gasteiger partial charge in [-0.25, -0.2) is 0 Å². The number of thiophene rings is 1. The van der Waals surface area contributed by atoms with Gasteiger partial charge in [-0.3, -0.25) is 9.59 Å². The lowest BCUT2D eigenvalue weighted by Gasteiger charge is -2.27. The molecule has 3 heterocycles. The highest BCUT2D eigenvalue weighted by Gasteiger charge is 2.21. The summed E-state index contributed by atoms with van der Waals surface area (Å²) >= 11 is 1.74. The van der Waals surface area contributed by atoms with Gasteiger partial charge < -0.3 is 14.6 Å². The zero-order chi connectivity index (χ0) is 15.4. The second-order valence-electron chi connectivity index (χ2n) is 5.00. The Morgan fingerprint density at radius 2 is 2.32 bits per heavy atom. The van der Waals surface area contributed by atoms with Crippen LogP contribution in [0.25, 0.3) is 6.08 Å². The third-order valence-electron chi connectivity index (χ3n) is 3.52. The van der Waals surface area contributed by atoms with Crippen LogP contribution in [0, 0.1) is 0 Å². The number of nitrogens with zero attached hydrogens (tertiary/aromatic N) is 1. The molecule has 0 aliphatic carbocycles. The Morgan fingerprint density at radius 3 is 3.14 bits per heavy atom. The van der Waals surface area contributed by atoms with Crippen molar-refractivity contribution in [2.75, 3.05) is 13.1 Å². The Kier molecular flexibility index (Phi) is 4.39. The van der Waals surface area contributed by atoms with E-state index in [0.717, 1.165) is 6.42 Å². The topological polar surface area (TPSA) is 62.6 Å². The van der Waals surface area contributed by atoms with Gasteiger partial charge in [0.2, 0.25) is 11.8 Å². The van der Waals surface area contributed by atoms with Crippen molar-refractivity contribution in [3.05, 3.63) is 52.1 Å². The molecule has 0 saturated heterocycles. The number of nitrogens with one attached hydrogen (secondary N) is 1. The molecule has 0 unspecified atom stereocenters. The van der Waals surface area contributed by atoms with Gasteiger partial charge in [0.15, 0.2) is 0 Å². The van der Waals surface area contributed by atoms with Crippen molar-refractivity contribution in [2.45, 2.75) is 13.0 Å². The lowest BCUT2D eigenvalue weighted by molar-refractivity contribution is -0.132. The summed E-state index contributed by atoms with van der Waals surface area (Å²) in [7, 11) is 0. The summed E-state index contributed by atoms with van der Waals surface area (Å²) in [5.74, 6) is 0.233. The molecule has 0 spiro atoms. The fraction of sp³-hybridized carbons (Fsp3) is 0.250. The molecule has 2 aromatic rings.